The average molecular weight is 270 g/mol. The number of benzene rings is 1. The van der Waals surface area contributed by atoms with Gasteiger partial charge >= 0.3 is 6.03 Å². The first-order valence-electron chi connectivity index (χ1n) is 6.03. The number of nitrogens with zero attached hydrogens (tertiary/aromatic N) is 1. The molecule has 1 saturated heterocycles. The van der Waals surface area contributed by atoms with Gasteiger partial charge in [0.15, 0.2) is 0 Å². The Labute approximate surface area is 114 Å². The standard InChI is InChI=1S/C13H19N3O.ClH/c1-10-3-2-4-12(9-10)15-13(17)16-7-5-11(14)6-8-16;/h2-4,9,11H,5-8,14H2,1H3,(H,15,17);1H. The number of nitrogens with two attached hydrogens (primary N) is 1. The maximum atomic E-state index is 12.0. The Kier molecular flexibility index (Phi) is 5.44. The fourth-order valence-corrected chi connectivity index (χ4v) is 2.03. The predicted octanol–water partition coefficient (Wildman–Crippen LogP) is 2.37. The Morgan fingerprint density at radius 2 is 2.06 bits per heavy atom. The molecule has 0 bridgehead atoms. The molecule has 100 valence electrons. The monoisotopic (exact) mass is 269 g/mol. The van der Waals surface area contributed by atoms with Crippen molar-refractivity contribution in [2.24, 2.45) is 5.73 Å². The van der Waals surface area contributed by atoms with E-state index in [4.69, 9.17) is 5.73 Å². The molecule has 1 aromatic carbocycles. The summed E-state index contributed by atoms with van der Waals surface area (Å²) in [6, 6.07) is 8.04. The molecular weight excluding hydrogens is 250 g/mol. The van der Waals surface area contributed by atoms with Gasteiger partial charge in [0.2, 0.25) is 0 Å². The summed E-state index contributed by atoms with van der Waals surface area (Å²) in [6.45, 7) is 3.51. The molecule has 18 heavy (non-hydrogen) atoms. The van der Waals surface area contributed by atoms with Crippen LogP contribution in [0, 0.1) is 6.92 Å². The molecule has 0 radical (unpaired) electrons. The van der Waals surface area contributed by atoms with Crippen LogP contribution in [0.2, 0.25) is 0 Å². The van der Waals surface area contributed by atoms with Crippen LogP contribution >= 0.6 is 12.4 Å². The molecule has 0 spiro atoms. The lowest BCUT2D eigenvalue weighted by molar-refractivity contribution is 0.195. The van der Waals surface area contributed by atoms with Crippen LogP contribution < -0.4 is 11.1 Å². The van der Waals surface area contributed by atoms with Gasteiger partial charge in [0.25, 0.3) is 0 Å². The highest BCUT2D eigenvalue weighted by molar-refractivity contribution is 5.89. The Balaban J connectivity index is 0.00000162. The number of piperidine rings is 1. The molecule has 0 atom stereocenters. The zero-order valence-corrected chi connectivity index (χ0v) is 11.4. The van der Waals surface area contributed by atoms with Crippen LogP contribution in [0.25, 0.3) is 0 Å². The van der Waals surface area contributed by atoms with Crippen LogP contribution in [0.3, 0.4) is 0 Å². The summed E-state index contributed by atoms with van der Waals surface area (Å²) in [5.74, 6) is 0. The van der Waals surface area contributed by atoms with E-state index in [1.807, 2.05) is 36.1 Å². The van der Waals surface area contributed by atoms with E-state index in [-0.39, 0.29) is 24.5 Å². The largest absolute Gasteiger partial charge is 0.328 e. The lowest BCUT2D eigenvalue weighted by atomic mass is 10.1. The Hall–Kier alpha value is -1.26. The van der Waals surface area contributed by atoms with Gasteiger partial charge < -0.3 is 16.0 Å². The first-order valence-corrected chi connectivity index (χ1v) is 6.03. The SMILES string of the molecule is Cc1cccc(NC(=O)N2CCC(N)CC2)c1.Cl. The van der Waals surface area contributed by atoms with E-state index in [1.165, 1.54) is 0 Å². The van der Waals surface area contributed by atoms with Crippen LogP contribution in [0.15, 0.2) is 24.3 Å². The molecule has 5 heteroatoms. The molecule has 1 heterocycles. The highest BCUT2D eigenvalue weighted by Crippen LogP contribution is 2.13. The number of hydrogen-bond donors (Lipinski definition) is 2. The van der Waals surface area contributed by atoms with Gasteiger partial charge in [0, 0.05) is 24.8 Å². The number of nitrogens with one attached hydrogen (secondary N) is 1. The fraction of sp³-hybridized carbons (Fsp3) is 0.462. The number of halogens is 1. The number of urea groups is 1. The van der Waals surface area contributed by atoms with E-state index in [2.05, 4.69) is 5.32 Å². The molecule has 0 aliphatic carbocycles. The minimum atomic E-state index is -0.0255. The van der Waals surface area contributed by atoms with Gasteiger partial charge in [0.1, 0.15) is 0 Å². The van der Waals surface area contributed by atoms with Gasteiger partial charge in [-0.3, -0.25) is 0 Å². The summed E-state index contributed by atoms with van der Waals surface area (Å²) in [7, 11) is 0. The van der Waals surface area contributed by atoms with Crippen LogP contribution in [-0.2, 0) is 0 Å². The number of carbonyl (C=O) groups excluding carboxylic acids is 1. The molecule has 1 aliphatic heterocycles. The van der Waals surface area contributed by atoms with Crippen LogP contribution in [0.1, 0.15) is 18.4 Å². The molecule has 2 rings (SSSR count). The molecule has 2 amide bonds. The normalized spacial score (nSPS) is 16.0. The Morgan fingerprint density at radius 1 is 1.39 bits per heavy atom. The van der Waals surface area contributed by atoms with Crippen molar-refractivity contribution in [2.75, 3.05) is 18.4 Å². The van der Waals surface area contributed by atoms with Crippen molar-refractivity contribution in [3.8, 4) is 0 Å². The third-order valence-corrected chi connectivity index (χ3v) is 3.10. The van der Waals surface area contributed by atoms with Crippen LogP contribution in [-0.4, -0.2) is 30.1 Å². The lowest BCUT2D eigenvalue weighted by Gasteiger charge is -2.30. The van der Waals surface area contributed by atoms with Gasteiger partial charge in [-0.05, 0) is 37.5 Å². The minimum absolute atomic E-state index is 0. The third-order valence-electron chi connectivity index (χ3n) is 3.10. The molecule has 0 unspecified atom stereocenters. The van der Waals surface area contributed by atoms with Crippen molar-refractivity contribution in [2.45, 2.75) is 25.8 Å². The van der Waals surface area contributed by atoms with E-state index >= 15 is 0 Å². The second kappa shape index (κ2) is 6.61. The van der Waals surface area contributed by atoms with E-state index < -0.39 is 0 Å². The smallest absolute Gasteiger partial charge is 0.321 e. The molecule has 0 saturated carbocycles. The van der Waals surface area contributed by atoms with Crippen molar-refractivity contribution < 1.29 is 4.79 Å². The van der Waals surface area contributed by atoms with E-state index in [9.17, 15) is 4.79 Å². The maximum Gasteiger partial charge on any atom is 0.321 e. The van der Waals surface area contributed by atoms with Crippen molar-refractivity contribution in [1.29, 1.82) is 0 Å². The first-order chi connectivity index (χ1) is 8.15. The third kappa shape index (κ3) is 3.89. The zero-order valence-electron chi connectivity index (χ0n) is 10.6. The lowest BCUT2D eigenvalue weighted by Crippen LogP contribution is -2.44. The molecule has 1 aliphatic rings. The average Bonchev–Trinajstić information content (AvgIpc) is 2.29. The fourth-order valence-electron chi connectivity index (χ4n) is 2.03. The number of likely N-dealkylation sites (tertiary alicyclic amines) is 1. The molecular formula is C13H20ClN3O. The van der Waals surface area contributed by atoms with Crippen LogP contribution in [0.5, 0.6) is 0 Å². The molecule has 1 aromatic rings. The summed E-state index contributed by atoms with van der Waals surface area (Å²) in [4.78, 5) is 13.8. The number of amides is 2. The molecule has 0 aromatic heterocycles. The topological polar surface area (TPSA) is 58.4 Å². The zero-order chi connectivity index (χ0) is 12.3. The summed E-state index contributed by atoms with van der Waals surface area (Å²) >= 11 is 0. The molecule has 1 fully saturated rings. The number of carbonyl (C=O) groups is 1. The minimum Gasteiger partial charge on any atom is -0.328 e. The maximum absolute atomic E-state index is 12.0. The summed E-state index contributed by atoms with van der Waals surface area (Å²) in [5.41, 5.74) is 7.80. The second-order valence-corrected chi connectivity index (χ2v) is 4.62. The molecule has 3 N–H and O–H groups in total. The Bertz CT molecular complexity index is 403. The van der Waals surface area contributed by atoms with Gasteiger partial charge in [-0.2, -0.15) is 0 Å². The van der Waals surface area contributed by atoms with E-state index in [0.717, 1.165) is 37.2 Å². The number of hydrogen-bond acceptors (Lipinski definition) is 2. The van der Waals surface area contributed by atoms with Crippen molar-refractivity contribution in [3.05, 3.63) is 29.8 Å². The van der Waals surface area contributed by atoms with Crippen molar-refractivity contribution in [1.82, 2.24) is 4.90 Å². The first kappa shape index (κ1) is 14.8. The van der Waals surface area contributed by atoms with Gasteiger partial charge in [-0.15, -0.1) is 12.4 Å². The number of rotatable bonds is 1. The second-order valence-electron chi connectivity index (χ2n) is 4.62. The van der Waals surface area contributed by atoms with Gasteiger partial charge in [0.05, 0.1) is 0 Å². The number of aryl methyl sites for hydroxylation is 1. The highest BCUT2D eigenvalue weighted by Gasteiger charge is 2.20. The van der Waals surface area contributed by atoms with E-state index in [0.29, 0.717) is 0 Å². The molecule has 4 nitrogen and oxygen atoms in total. The summed E-state index contributed by atoms with van der Waals surface area (Å²) in [6.07, 6.45) is 1.78. The highest BCUT2D eigenvalue weighted by atomic mass is 35.5. The predicted molar refractivity (Wildman–Crippen MR) is 76.2 cm³/mol. The van der Waals surface area contributed by atoms with Crippen LogP contribution in [0.4, 0.5) is 10.5 Å². The van der Waals surface area contributed by atoms with Gasteiger partial charge in [-0.1, -0.05) is 12.1 Å². The van der Waals surface area contributed by atoms with Crippen molar-refractivity contribution in [3.63, 3.8) is 0 Å². The van der Waals surface area contributed by atoms with Crippen molar-refractivity contribution >= 4 is 24.1 Å². The van der Waals surface area contributed by atoms with Gasteiger partial charge in [-0.25, -0.2) is 4.79 Å². The summed E-state index contributed by atoms with van der Waals surface area (Å²) in [5, 5.41) is 2.91. The van der Waals surface area contributed by atoms with E-state index in [1.54, 1.807) is 0 Å². The summed E-state index contributed by atoms with van der Waals surface area (Å²) < 4.78 is 0. The number of anilines is 1. The quantitative estimate of drug-likeness (QED) is 0.822. The Morgan fingerprint density at radius 3 is 2.67 bits per heavy atom.